The summed E-state index contributed by atoms with van der Waals surface area (Å²) in [5.74, 6) is 0.423. The number of hydrogen-bond acceptors (Lipinski definition) is 2. The maximum absolute atomic E-state index is 12.3. The molecule has 1 heterocycles. The van der Waals surface area contributed by atoms with Gasteiger partial charge in [-0.3, -0.25) is 4.79 Å². The van der Waals surface area contributed by atoms with Gasteiger partial charge in [-0.2, -0.15) is 0 Å². The summed E-state index contributed by atoms with van der Waals surface area (Å²) in [7, 11) is -0.121. The van der Waals surface area contributed by atoms with E-state index in [0.717, 1.165) is 6.42 Å². The third-order valence-electron chi connectivity index (χ3n) is 5.21. The summed E-state index contributed by atoms with van der Waals surface area (Å²) in [5.41, 5.74) is -0.468. The van der Waals surface area contributed by atoms with E-state index in [1.807, 2.05) is 32.9 Å². The van der Waals surface area contributed by atoms with Crippen LogP contribution in [0.15, 0.2) is 72.8 Å². The van der Waals surface area contributed by atoms with Gasteiger partial charge in [0.05, 0.1) is 5.41 Å². The zero-order valence-electron chi connectivity index (χ0n) is 15.9. The number of ether oxygens (including phenoxy) is 1. The molecule has 0 fully saturated rings. The van der Waals surface area contributed by atoms with E-state index in [1.165, 1.54) is 25.1 Å². The standard InChI is InChI=1S/C24H23O2S/c1-4-24(2,3)23(25)26-17-13-15-18(16-14-17)27-21-11-7-5-9-19(21)20-10-6-8-12-22(20)27/h5-16H,4H2,1-3H3/q+1. The fourth-order valence-electron chi connectivity index (χ4n) is 3.14. The Kier molecular flexibility index (Phi) is 4.48. The highest BCUT2D eigenvalue weighted by molar-refractivity contribution is 7.50. The van der Waals surface area contributed by atoms with Crippen molar-refractivity contribution in [3.63, 3.8) is 0 Å². The van der Waals surface area contributed by atoms with E-state index in [1.54, 1.807) is 0 Å². The van der Waals surface area contributed by atoms with Crippen molar-refractivity contribution < 1.29 is 9.53 Å². The van der Waals surface area contributed by atoms with Crippen LogP contribution in [-0.2, 0) is 4.79 Å². The number of esters is 1. The van der Waals surface area contributed by atoms with Gasteiger partial charge in [-0.15, -0.1) is 0 Å². The van der Waals surface area contributed by atoms with Crippen LogP contribution in [0.2, 0.25) is 0 Å². The van der Waals surface area contributed by atoms with E-state index >= 15 is 0 Å². The van der Waals surface area contributed by atoms with Crippen molar-refractivity contribution in [3.8, 4) is 10.6 Å². The minimum Gasteiger partial charge on any atom is -0.426 e. The monoisotopic (exact) mass is 375 g/mol. The smallest absolute Gasteiger partial charge is 0.316 e. The Morgan fingerprint density at radius 1 is 0.852 bits per heavy atom. The molecule has 0 radical (unpaired) electrons. The van der Waals surface area contributed by atoms with E-state index in [9.17, 15) is 4.79 Å². The van der Waals surface area contributed by atoms with Crippen molar-refractivity contribution in [1.29, 1.82) is 0 Å². The number of thiophene rings is 1. The van der Waals surface area contributed by atoms with Crippen molar-refractivity contribution in [1.82, 2.24) is 0 Å². The van der Waals surface area contributed by atoms with Crippen LogP contribution >= 0.6 is 10.5 Å². The number of fused-ring (bicyclic) bond motifs is 3. The molecule has 0 N–H and O–H groups in total. The van der Waals surface area contributed by atoms with Crippen molar-refractivity contribution >= 4 is 36.6 Å². The third-order valence-corrected chi connectivity index (χ3v) is 7.55. The molecule has 4 rings (SSSR count). The van der Waals surface area contributed by atoms with Crippen molar-refractivity contribution in [3.05, 3.63) is 72.8 Å². The van der Waals surface area contributed by atoms with Gasteiger partial charge in [-0.25, -0.2) is 0 Å². The van der Waals surface area contributed by atoms with Crippen molar-refractivity contribution in [2.24, 2.45) is 5.41 Å². The molecule has 0 saturated carbocycles. The van der Waals surface area contributed by atoms with Gasteiger partial charge in [0, 0.05) is 33.4 Å². The van der Waals surface area contributed by atoms with Crippen LogP contribution in [0.4, 0.5) is 0 Å². The molecule has 3 heteroatoms. The molecule has 0 unspecified atom stereocenters. The number of hydrogen-bond donors (Lipinski definition) is 0. The van der Waals surface area contributed by atoms with E-state index in [-0.39, 0.29) is 16.4 Å². The average Bonchev–Trinajstić information content (AvgIpc) is 3.03. The fourth-order valence-corrected chi connectivity index (χ4v) is 5.52. The zero-order chi connectivity index (χ0) is 19.0. The normalized spacial score (nSPS) is 11.8. The maximum Gasteiger partial charge on any atom is 0.316 e. The second-order valence-electron chi connectivity index (χ2n) is 7.40. The van der Waals surface area contributed by atoms with Crippen LogP contribution in [-0.4, -0.2) is 5.97 Å². The lowest BCUT2D eigenvalue weighted by molar-refractivity contribution is -0.144. The minimum absolute atomic E-state index is 0.121. The van der Waals surface area contributed by atoms with Crippen LogP contribution in [0, 0.1) is 5.41 Å². The molecule has 0 atom stereocenters. The largest absolute Gasteiger partial charge is 0.426 e. The molecular formula is C24H23O2S+. The van der Waals surface area contributed by atoms with Crippen molar-refractivity contribution in [2.45, 2.75) is 27.2 Å². The first-order chi connectivity index (χ1) is 13.0. The predicted octanol–water partition coefficient (Wildman–Crippen LogP) is 7.07. The molecule has 0 aliphatic rings. The summed E-state index contributed by atoms with van der Waals surface area (Å²) in [4.78, 5) is 13.6. The number of carbonyl (C=O) groups is 1. The topological polar surface area (TPSA) is 26.3 Å². The van der Waals surface area contributed by atoms with Crippen molar-refractivity contribution in [2.75, 3.05) is 0 Å². The highest BCUT2D eigenvalue weighted by Crippen LogP contribution is 2.48. The summed E-state index contributed by atoms with van der Waals surface area (Å²) in [5, 5.41) is 2.63. The SMILES string of the molecule is CCC(C)(C)C(=O)Oc1ccc(-[s+]2c3ccccc3c3ccccc32)cc1. The van der Waals surface area contributed by atoms with E-state index in [4.69, 9.17) is 4.74 Å². The lowest BCUT2D eigenvalue weighted by Crippen LogP contribution is -2.28. The molecule has 0 bridgehead atoms. The highest BCUT2D eigenvalue weighted by atomic mass is 32.2. The Morgan fingerprint density at radius 3 is 1.89 bits per heavy atom. The molecular weight excluding hydrogens is 352 g/mol. The minimum atomic E-state index is -0.468. The molecule has 3 aromatic carbocycles. The van der Waals surface area contributed by atoms with Crippen LogP contribution in [0.1, 0.15) is 27.2 Å². The first-order valence-electron chi connectivity index (χ1n) is 9.26. The van der Waals surface area contributed by atoms with Gasteiger partial charge in [-0.1, -0.05) is 31.2 Å². The molecule has 0 aliphatic heterocycles. The lowest BCUT2D eigenvalue weighted by Gasteiger charge is -2.19. The van der Waals surface area contributed by atoms with Crippen LogP contribution in [0.5, 0.6) is 5.75 Å². The summed E-state index contributed by atoms with van der Waals surface area (Å²) in [6.07, 6.45) is 0.751. The summed E-state index contributed by atoms with van der Waals surface area (Å²) < 4.78 is 8.30. The van der Waals surface area contributed by atoms with Crippen LogP contribution in [0.25, 0.3) is 25.1 Å². The van der Waals surface area contributed by atoms with Gasteiger partial charge >= 0.3 is 5.97 Å². The Morgan fingerprint density at radius 2 is 1.37 bits per heavy atom. The first-order valence-corrected chi connectivity index (χ1v) is 10.5. The van der Waals surface area contributed by atoms with Gasteiger partial charge in [0.25, 0.3) is 0 Å². The number of carbonyl (C=O) groups excluding carboxylic acids is 1. The molecule has 0 spiro atoms. The molecule has 1 aromatic heterocycles. The average molecular weight is 376 g/mol. The highest BCUT2D eigenvalue weighted by Gasteiger charge is 2.28. The second-order valence-corrected chi connectivity index (χ2v) is 9.36. The second kappa shape index (κ2) is 6.82. The van der Waals surface area contributed by atoms with E-state index < -0.39 is 5.41 Å². The summed E-state index contributed by atoms with van der Waals surface area (Å²) in [6, 6.07) is 25.2. The van der Waals surface area contributed by atoms with E-state index in [2.05, 4.69) is 60.7 Å². The van der Waals surface area contributed by atoms with Gasteiger partial charge in [0.1, 0.15) is 5.75 Å². The zero-order valence-corrected chi connectivity index (χ0v) is 16.7. The molecule has 0 saturated heterocycles. The third kappa shape index (κ3) is 3.13. The summed E-state index contributed by atoms with van der Waals surface area (Å²) >= 11 is 0. The molecule has 136 valence electrons. The van der Waals surface area contributed by atoms with E-state index in [0.29, 0.717) is 5.75 Å². The summed E-state index contributed by atoms with van der Waals surface area (Å²) in [6.45, 7) is 5.83. The first kappa shape index (κ1) is 17.7. The Balaban J connectivity index is 1.75. The van der Waals surface area contributed by atoms with Gasteiger partial charge in [-0.05, 0) is 56.7 Å². The van der Waals surface area contributed by atoms with Crippen LogP contribution in [0.3, 0.4) is 0 Å². The molecule has 27 heavy (non-hydrogen) atoms. The van der Waals surface area contributed by atoms with Crippen LogP contribution < -0.4 is 4.74 Å². The molecule has 0 aliphatic carbocycles. The van der Waals surface area contributed by atoms with Gasteiger partial charge in [0.15, 0.2) is 14.3 Å². The predicted molar refractivity (Wildman–Crippen MR) is 115 cm³/mol. The van der Waals surface area contributed by atoms with Gasteiger partial charge < -0.3 is 4.74 Å². The molecule has 4 aromatic rings. The maximum atomic E-state index is 12.3. The molecule has 0 amide bonds. The Bertz CT molecular complexity index is 1070. The molecule has 2 nitrogen and oxygen atoms in total. The fraction of sp³-hybridized carbons (Fsp3) is 0.208. The van der Waals surface area contributed by atoms with Gasteiger partial charge in [0.2, 0.25) is 0 Å². The lowest BCUT2D eigenvalue weighted by atomic mass is 9.91. The number of rotatable bonds is 4. The Hall–Kier alpha value is -2.65. The number of benzene rings is 3. The quantitative estimate of drug-likeness (QED) is 0.216. The Labute approximate surface area is 162 Å².